The molecule has 0 aromatic carbocycles. The number of hydrogen-bond donors (Lipinski definition) is 1. The van der Waals surface area contributed by atoms with E-state index < -0.39 is 5.97 Å². The van der Waals surface area contributed by atoms with Crippen molar-refractivity contribution in [3.8, 4) is 0 Å². The van der Waals surface area contributed by atoms with E-state index in [-0.39, 0.29) is 11.8 Å². The quantitative estimate of drug-likeness (QED) is 0.817. The lowest BCUT2D eigenvalue weighted by Crippen LogP contribution is -2.24. The van der Waals surface area contributed by atoms with Crippen LogP contribution in [0, 0.1) is 11.3 Å². The Kier molecular flexibility index (Phi) is 3.48. The Morgan fingerprint density at radius 2 is 2.28 bits per heavy atom. The highest BCUT2D eigenvalue weighted by Gasteiger charge is 2.51. The molecule has 1 aromatic heterocycles. The maximum absolute atomic E-state index is 11.4. The number of ether oxygens (including phenoxy) is 1. The van der Waals surface area contributed by atoms with E-state index in [1.54, 1.807) is 6.07 Å². The highest BCUT2D eigenvalue weighted by atomic mass is 16.5. The molecule has 0 bridgehead atoms. The average Bonchev–Trinajstić information content (AvgIpc) is 2.79. The van der Waals surface area contributed by atoms with Crippen LogP contribution in [0.2, 0.25) is 0 Å². The smallest absolute Gasteiger partial charge is 0.373 e. The van der Waals surface area contributed by atoms with Crippen molar-refractivity contribution in [1.82, 2.24) is 5.32 Å². The largest absolute Gasteiger partial charge is 0.463 e. The molecule has 2 unspecified atom stereocenters. The molecule has 0 aliphatic heterocycles. The number of nitrogens with one attached hydrogen (secondary N) is 1. The van der Waals surface area contributed by atoms with E-state index in [0.29, 0.717) is 11.3 Å². The van der Waals surface area contributed by atoms with Crippen LogP contribution in [0.1, 0.15) is 49.5 Å². The van der Waals surface area contributed by atoms with Crippen LogP contribution >= 0.6 is 0 Å². The van der Waals surface area contributed by atoms with E-state index in [1.165, 1.54) is 13.5 Å². The molecule has 100 valence electrons. The van der Waals surface area contributed by atoms with E-state index in [2.05, 4.69) is 30.8 Å². The first-order chi connectivity index (χ1) is 8.49. The molecule has 0 amide bonds. The lowest BCUT2D eigenvalue weighted by molar-refractivity contribution is 0.0561. The summed E-state index contributed by atoms with van der Waals surface area (Å²) >= 11 is 0. The molecule has 1 heterocycles. The van der Waals surface area contributed by atoms with Crippen LogP contribution in [-0.4, -0.2) is 19.6 Å². The van der Waals surface area contributed by atoms with Crippen LogP contribution in [0.15, 0.2) is 16.5 Å². The monoisotopic (exact) mass is 251 g/mol. The summed E-state index contributed by atoms with van der Waals surface area (Å²) < 4.78 is 10.3. The summed E-state index contributed by atoms with van der Waals surface area (Å²) in [4.78, 5) is 11.4. The number of carbonyl (C=O) groups excluding carboxylic acids is 1. The Morgan fingerprint density at radius 3 is 2.78 bits per heavy atom. The van der Waals surface area contributed by atoms with Gasteiger partial charge < -0.3 is 14.5 Å². The second kappa shape index (κ2) is 4.76. The van der Waals surface area contributed by atoms with Crippen molar-refractivity contribution in [2.45, 2.75) is 33.2 Å². The Labute approximate surface area is 108 Å². The van der Waals surface area contributed by atoms with Crippen LogP contribution in [0.3, 0.4) is 0 Å². The Hall–Kier alpha value is -1.29. The number of hydrogen-bond acceptors (Lipinski definition) is 4. The third-order valence-corrected chi connectivity index (χ3v) is 3.74. The van der Waals surface area contributed by atoms with Crippen molar-refractivity contribution in [1.29, 1.82) is 0 Å². The van der Waals surface area contributed by atoms with Crippen molar-refractivity contribution in [2.24, 2.45) is 11.3 Å². The molecule has 1 N–H and O–H groups in total. The molecule has 0 radical (unpaired) electrons. The zero-order chi connectivity index (χ0) is 13.3. The van der Waals surface area contributed by atoms with Gasteiger partial charge in [0.15, 0.2) is 0 Å². The maximum Gasteiger partial charge on any atom is 0.373 e. The first kappa shape index (κ1) is 13.1. The number of esters is 1. The van der Waals surface area contributed by atoms with Crippen LogP contribution in [-0.2, 0) is 4.74 Å². The Balaban J connectivity index is 2.16. The van der Waals surface area contributed by atoms with Gasteiger partial charge in [0.1, 0.15) is 5.76 Å². The van der Waals surface area contributed by atoms with Crippen molar-refractivity contribution in [3.05, 3.63) is 23.7 Å². The second-order valence-corrected chi connectivity index (χ2v) is 5.53. The normalized spacial score (nSPS) is 22.6. The number of carbonyl (C=O) groups is 1. The van der Waals surface area contributed by atoms with Crippen molar-refractivity contribution >= 4 is 5.97 Å². The first-order valence-electron chi connectivity index (χ1n) is 6.41. The van der Waals surface area contributed by atoms with Gasteiger partial charge in [-0.3, -0.25) is 0 Å². The van der Waals surface area contributed by atoms with Gasteiger partial charge in [-0.2, -0.15) is 0 Å². The standard InChI is InChI=1S/C14H21NO3/c1-5-15-12(9-8-14(9,2)3)10-6-7-11(18-10)13(16)17-4/h6-7,9,12,15H,5,8H2,1-4H3. The predicted molar refractivity (Wildman–Crippen MR) is 68.4 cm³/mol. The van der Waals surface area contributed by atoms with E-state index in [1.807, 2.05) is 6.07 Å². The zero-order valence-corrected chi connectivity index (χ0v) is 11.4. The van der Waals surface area contributed by atoms with Gasteiger partial charge in [-0.15, -0.1) is 0 Å². The molecule has 1 fully saturated rings. The lowest BCUT2D eigenvalue weighted by Gasteiger charge is -2.17. The van der Waals surface area contributed by atoms with E-state index in [4.69, 9.17) is 4.42 Å². The van der Waals surface area contributed by atoms with Gasteiger partial charge in [0, 0.05) is 0 Å². The molecule has 0 spiro atoms. The maximum atomic E-state index is 11.4. The van der Waals surface area contributed by atoms with Gasteiger partial charge in [0.05, 0.1) is 13.2 Å². The van der Waals surface area contributed by atoms with Crippen LogP contribution in [0.25, 0.3) is 0 Å². The third-order valence-electron chi connectivity index (χ3n) is 3.74. The highest BCUT2D eigenvalue weighted by Crippen LogP contribution is 2.57. The molecular formula is C14H21NO3. The summed E-state index contributed by atoms with van der Waals surface area (Å²) in [5, 5.41) is 3.44. The molecule has 18 heavy (non-hydrogen) atoms. The fourth-order valence-corrected chi connectivity index (χ4v) is 2.47. The molecule has 2 rings (SSSR count). The summed E-state index contributed by atoms with van der Waals surface area (Å²) in [6.07, 6.45) is 1.18. The topological polar surface area (TPSA) is 51.5 Å². The number of rotatable bonds is 5. The summed E-state index contributed by atoms with van der Waals surface area (Å²) in [6, 6.07) is 3.73. The second-order valence-electron chi connectivity index (χ2n) is 5.53. The summed E-state index contributed by atoms with van der Waals surface area (Å²) in [6.45, 7) is 7.47. The van der Waals surface area contributed by atoms with Gasteiger partial charge >= 0.3 is 5.97 Å². The molecule has 1 aliphatic rings. The van der Waals surface area contributed by atoms with Gasteiger partial charge in [0.25, 0.3) is 0 Å². The fraction of sp³-hybridized carbons (Fsp3) is 0.643. The third kappa shape index (κ3) is 2.43. The number of furan rings is 1. The van der Waals surface area contributed by atoms with Gasteiger partial charge in [-0.05, 0) is 36.4 Å². The molecule has 0 saturated heterocycles. The van der Waals surface area contributed by atoms with Crippen molar-refractivity contribution in [2.75, 3.05) is 13.7 Å². The van der Waals surface area contributed by atoms with Crippen LogP contribution in [0.5, 0.6) is 0 Å². The van der Waals surface area contributed by atoms with Crippen LogP contribution < -0.4 is 5.32 Å². The molecule has 2 atom stereocenters. The van der Waals surface area contributed by atoms with Gasteiger partial charge in [0.2, 0.25) is 5.76 Å². The van der Waals surface area contributed by atoms with Crippen LogP contribution in [0.4, 0.5) is 0 Å². The van der Waals surface area contributed by atoms with Gasteiger partial charge in [-0.1, -0.05) is 20.8 Å². The summed E-state index contributed by atoms with van der Waals surface area (Å²) in [5.41, 5.74) is 0.352. The zero-order valence-electron chi connectivity index (χ0n) is 11.4. The van der Waals surface area contributed by atoms with E-state index >= 15 is 0 Å². The van der Waals surface area contributed by atoms with Crippen molar-refractivity contribution in [3.63, 3.8) is 0 Å². The first-order valence-corrected chi connectivity index (χ1v) is 6.41. The minimum Gasteiger partial charge on any atom is -0.463 e. The minimum atomic E-state index is -0.424. The average molecular weight is 251 g/mol. The fourth-order valence-electron chi connectivity index (χ4n) is 2.47. The Morgan fingerprint density at radius 1 is 1.61 bits per heavy atom. The minimum absolute atomic E-state index is 0.184. The van der Waals surface area contributed by atoms with E-state index in [9.17, 15) is 4.79 Å². The van der Waals surface area contributed by atoms with E-state index in [0.717, 1.165) is 12.3 Å². The highest BCUT2D eigenvalue weighted by molar-refractivity contribution is 5.86. The van der Waals surface area contributed by atoms with Gasteiger partial charge in [-0.25, -0.2) is 4.79 Å². The molecular weight excluding hydrogens is 230 g/mol. The summed E-state index contributed by atoms with van der Waals surface area (Å²) in [7, 11) is 1.36. The SMILES string of the molecule is CCNC(c1ccc(C(=O)OC)o1)C1CC1(C)C. The Bertz CT molecular complexity index is 436. The van der Waals surface area contributed by atoms with Crippen molar-refractivity contribution < 1.29 is 13.9 Å². The number of methoxy groups -OCH3 is 1. The molecule has 4 heteroatoms. The predicted octanol–water partition coefficient (Wildman–Crippen LogP) is 2.76. The molecule has 1 aliphatic carbocycles. The summed E-state index contributed by atoms with van der Waals surface area (Å²) in [5.74, 6) is 1.24. The molecule has 4 nitrogen and oxygen atoms in total. The molecule has 1 saturated carbocycles. The molecule has 1 aromatic rings. The lowest BCUT2D eigenvalue weighted by atomic mass is 10.0.